The van der Waals surface area contributed by atoms with Crippen LogP contribution in [0.25, 0.3) is 11.1 Å². The molecule has 1 unspecified atom stereocenters. The third-order valence-electron chi connectivity index (χ3n) is 4.98. The Balaban J connectivity index is 1.76. The van der Waals surface area contributed by atoms with Crippen LogP contribution in [-0.4, -0.2) is 5.16 Å². The van der Waals surface area contributed by atoms with Crippen molar-refractivity contribution in [2.45, 2.75) is 26.7 Å². The van der Waals surface area contributed by atoms with Gasteiger partial charge in [0.1, 0.15) is 17.3 Å². The standard InChI is InChI=1S/C26H21F2NS/c1-3-18(2)14-21-8-6-19(7-9-21)4-5-20-10-12-22(13-11-20)23-15-25(28)26(29-17-30)16-24(23)27/h6-13,15-16,18H,3,14H2,1-2H3. The van der Waals surface area contributed by atoms with E-state index in [-0.39, 0.29) is 11.3 Å². The normalized spacial score (nSPS) is 11.2. The lowest BCUT2D eigenvalue weighted by molar-refractivity contribution is 0.560. The SMILES string of the molecule is CCC(C)Cc1ccc(C#Cc2ccc(-c3cc(F)c(N=C=S)cc3F)cc2)cc1. The summed E-state index contributed by atoms with van der Waals surface area (Å²) >= 11 is 4.45. The largest absolute Gasteiger partial charge is 0.206 e. The van der Waals surface area contributed by atoms with Gasteiger partial charge in [0, 0.05) is 22.8 Å². The van der Waals surface area contributed by atoms with Crippen LogP contribution >= 0.6 is 12.2 Å². The van der Waals surface area contributed by atoms with Gasteiger partial charge in [-0.2, -0.15) is 4.99 Å². The predicted octanol–water partition coefficient (Wildman–Crippen LogP) is 7.35. The van der Waals surface area contributed by atoms with Crippen LogP contribution in [0.15, 0.2) is 65.7 Å². The number of nitrogens with zero attached hydrogens (tertiary/aromatic N) is 1. The van der Waals surface area contributed by atoms with Crippen LogP contribution in [0.3, 0.4) is 0 Å². The van der Waals surface area contributed by atoms with Crippen LogP contribution in [0.2, 0.25) is 0 Å². The number of thiocarbonyl (C=S) groups is 1. The number of halogens is 2. The molecule has 3 aromatic carbocycles. The molecule has 0 saturated heterocycles. The minimum atomic E-state index is -0.649. The van der Waals surface area contributed by atoms with Gasteiger partial charge in [0.15, 0.2) is 0 Å². The molecule has 0 spiro atoms. The topological polar surface area (TPSA) is 12.4 Å². The number of isothiocyanates is 1. The maximum atomic E-state index is 14.3. The molecule has 0 fully saturated rings. The quantitative estimate of drug-likeness (QED) is 0.240. The Labute approximate surface area is 181 Å². The van der Waals surface area contributed by atoms with Crippen LogP contribution in [0, 0.1) is 29.4 Å². The first-order valence-corrected chi connectivity index (χ1v) is 10.2. The molecule has 150 valence electrons. The molecule has 0 radical (unpaired) electrons. The van der Waals surface area contributed by atoms with Gasteiger partial charge in [0.25, 0.3) is 0 Å². The van der Waals surface area contributed by atoms with Crippen molar-refractivity contribution >= 4 is 23.1 Å². The van der Waals surface area contributed by atoms with Gasteiger partial charge in [-0.1, -0.05) is 56.4 Å². The van der Waals surface area contributed by atoms with E-state index in [1.807, 2.05) is 17.3 Å². The van der Waals surface area contributed by atoms with E-state index in [0.29, 0.717) is 11.5 Å². The third kappa shape index (κ3) is 5.48. The molecule has 0 aliphatic carbocycles. The van der Waals surface area contributed by atoms with Gasteiger partial charge in [-0.25, -0.2) is 8.78 Å². The van der Waals surface area contributed by atoms with E-state index >= 15 is 0 Å². The molecule has 0 aliphatic rings. The summed E-state index contributed by atoms with van der Waals surface area (Å²) in [7, 11) is 0. The van der Waals surface area contributed by atoms with Gasteiger partial charge in [0.05, 0.1) is 5.16 Å². The fourth-order valence-electron chi connectivity index (χ4n) is 3.04. The van der Waals surface area contributed by atoms with E-state index in [9.17, 15) is 8.78 Å². The second kappa shape index (κ2) is 10.1. The summed E-state index contributed by atoms with van der Waals surface area (Å²) in [6.07, 6.45) is 2.24. The van der Waals surface area contributed by atoms with E-state index in [1.165, 1.54) is 12.0 Å². The number of aliphatic imine (C=N–C) groups is 1. The maximum absolute atomic E-state index is 14.3. The lowest BCUT2D eigenvalue weighted by atomic mass is 9.98. The first-order valence-electron chi connectivity index (χ1n) is 9.78. The molecular formula is C26H21F2NS. The summed E-state index contributed by atoms with van der Waals surface area (Å²) in [6, 6.07) is 17.5. The van der Waals surface area contributed by atoms with Crippen LogP contribution in [-0.2, 0) is 6.42 Å². The second-order valence-electron chi connectivity index (χ2n) is 7.23. The van der Waals surface area contributed by atoms with E-state index < -0.39 is 11.6 Å². The molecule has 0 aliphatic heterocycles. The first-order chi connectivity index (χ1) is 14.5. The van der Waals surface area contributed by atoms with Crippen LogP contribution < -0.4 is 0 Å². The Morgan fingerprint density at radius 1 is 0.900 bits per heavy atom. The molecule has 3 aromatic rings. The van der Waals surface area contributed by atoms with Crippen molar-refractivity contribution in [3.05, 3.63) is 89.0 Å². The Hall–Kier alpha value is -3.12. The van der Waals surface area contributed by atoms with E-state index in [1.54, 1.807) is 24.3 Å². The van der Waals surface area contributed by atoms with Crippen LogP contribution in [0.5, 0.6) is 0 Å². The Bertz CT molecular complexity index is 1130. The summed E-state index contributed by atoms with van der Waals surface area (Å²) in [5.74, 6) is 5.70. The molecule has 1 nitrogen and oxygen atoms in total. The van der Waals surface area contributed by atoms with Crippen molar-refractivity contribution in [2.24, 2.45) is 10.9 Å². The fourth-order valence-corrected chi connectivity index (χ4v) is 3.14. The van der Waals surface area contributed by atoms with Crippen LogP contribution in [0.1, 0.15) is 37.0 Å². The van der Waals surface area contributed by atoms with E-state index in [2.05, 4.69) is 55.0 Å². The number of hydrogen-bond donors (Lipinski definition) is 0. The molecule has 3 rings (SSSR count). The van der Waals surface area contributed by atoms with Crippen LogP contribution in [0.4, 0.5) is 14.5 Å². The second-order valence-corrected chi connectivity index (χ2v) is 7.41. The van der Waals surface area contributed by atoms with Gasteiger partial charge in [0.2, 0.25) is 0 Å². The number of rotatable bonds is 5. The molecule has 4 heteroatoms. The molecule has 1 atom stereocenters. The molecule has 0 aromatic heterocycles. The Morgan fingerprint density at radius 2 is 1.50 bits per heavy atom. The fraction of sp³-hybridized carbons (Fsp3) is 0.192. The lowest BCUT2D eigenvalue weighted by Gasteiger charge is -2.07. The molecule has 0 bridgehead atoms. The van der Waals surface area contributed by atoms with Crippen molar-refractivity contribution in [3.8, 4) is 23.0 Å². The zero-order valence-electron chi connectivity index (χ0n) is 16.9. The van der Waals surface area contributed by atoms with E-state index in [0.717, 1.165) is 29.7 Å². The highest BCUT2D eigenvalue weighted by Crippen LogP contribution is 2.29. The highest BCUT2D eigenvalue weighted by atomic mass is 32.1. The minimum absolute atomic E-state index is 0.159. The molecule has 30 heavy (non-hydrogen) atoms. The number of benzene rings is 3. The molecule has 0 amide bonds. The zero-order chi connectivity index (χ0) is 21.5. The van der Waals surface area contributed by atoms with Crippen molar-refractivity contribution in [2.75, 3.05) is 0 Å². The maximum Gasteiger partial charge on any atom is 0.150 e. The van der Waals surface area contributed by atoms with Gasteiger partial charge in [-0.15, -0.1) is 0 Å². The minimum Gasteiger partial charge on any atom is -0.206 e. The first kappa shape index (κ1) is 21.6. The predicted molar refractivity (Wildman–Crippen MR) is 122 cm³/mol. The summed E-state index contributed by atoms with van der Waals surface area (Å²) in [5.41, 5.74) is 3.61. The molecule has 0 saturated carbocycles. The molecule has 0 N–H and O–H groups in total. The van der Waals surface area contributed by atoms with Crippen molar-refractivity contribution in [1.29, 1.82) is 0 Å². The molecular weight excluding hydrogens is 396 g/mol. The average Bonchev–Trinajstić information content (AvgIpc) is 2.76. The lowest BCUT2D eigenvalue weighted by Crippen LogP contribution is -1.97. The van der Waals surface area contributed by atoms with Crippen molar-refractivity contribution in [3.63, 3.8) is 0 Å². The van der Waals surface area contributed by atoms with E-state index in [4.69, 9.17) is 0 Å². The van der Waals surface area contributed by atoms with Crippen molar-refractivity contribution in [1.82, 2.24) is 0 Å². The summed E-state index contributed by atoms with van der Waals surface area (Å²) < 4.78 is 28.4. The highest BCUT2D eigenvalue weighted by Gasteiger charge is 2.11. The summed E-state index contributed by atoms with van der Waals surface area (Å²) in [6.45, 7) is 4.45. The highest BCUT2D eigenvalue weighted by molar-refractivity contribution is 7.78. The van der Waals surface area contributed by atoms with Gasteiger partial charge in [-0.3, -0.25) is 0 Å². The zero-order valence-corrected chi connectivity index (χ0v) is 17.7. The Morgan fingerprint density at radius 3 is 2.07 bits per heavy atom. The smallest absolute Gasteiger partial charge is 0.150 e. The van der Waals surface area contributed by atoms with Gasteiger partial charge >= 0.3 is 0 Å². The van der Waals surface area contributed by atoms with Gasteiger partial charge < -0.3 is 0 Å². The average molecular weight is 418 g/mol. The van der Waals surface area contributed by atoms with Crippen molar-refractivity contribution < 1.29 is 8.78 Å². The summed E-state index contributed by atoms with van der Waals surface area (Å²) in [4.78, 5) is 3.52. The Kier molecular flexibility index (Phi) is 7.25. The molecule has 0 heterocycles. The monoisotopic (exact) mass is 417 g/mol. The summed E-state index contributed by atoms with van der Waals surface area (Å²) in [5, 5.41) is 2.05. The third-order valence-corrected chi connectivity index (χ3v) is 5.08. The number of hydrogen-bond acceptors (Lipinski definition) is 2. The van der Waals surface area contributed by atoms with Gasteiger partial charge in [-0.05, 0) is 66.0 Å².